The molecule has 10 nitrogen and oxygen atoms in total. The lowest BCUT2D eigenvalue weighted by Crippen LogP contribution is -2.42. The van der Waals surface area contributed by atoms with Crippen LogP contribution in [0.1, 0.15) is 25.7 Å². The van der Waals surface area contributed by atoms with E-state index in [-0.39, 0.29) is 25.2 Å². The number of carboxylic acid groups (broad SMARTS) is 2. The van der Waals surface area contributed by atoms with Gasteiger partial charge in [0.1, 0.15) is 12.1 Å². The van der Waals surface area contributed by atoms with Crippen LogP contribution in [0.3, 0.4) is 0 Å². The van der Waals surface area contributed by atoms with Crippen LogP contribution in [0, 0.1) is 5.41 Å². The molecule has 21 heavy (non-hydrogen) atoms. The Balaban J connectivity index is 4.12. The van der Waals surface area contributed by atoms with Gasteiger partial charge in [-0.05, 0) is 19.3 Å². The van der Waals surface area contributed by atoms with Crippen molar-refractivity contribution in [3.05, 3.63) is 0 Å². The molecule has 10 heteroatoms. The highest BCUT2D eigenvalue weighted by Crippen LogP contribution is 2.00. The first-order valence-corrected chi connectivity index (χ1v) is 6.32. The maximum Gasteiger partial charge on any atom is 0.326 e. The molecule has 2 unspecified atom stereocenters. The molecule has 0 aromatic carbocycles. The zero-order chi connectivity index (χ0) is 16.4. The van der Waals surface area contributed by atoms with Crippen LogP contribution < -0.4 is 22.1 Å². The second-order valence-electron chi connectivity index (χ2n) is 4.42. The molecular formula is C11H21N5O5. The topological polar surface area (TPSA) is 192 Å². The first-order valence-electron chi connectivity index (χ1n) is 6.32. The minimum atomic E-state index is -1.21. The van der Waals surface area contributed by atoms with Crippen molar-refractivity contribution in [3.63, 3.8) is 0 Å². The van der Waals surface area contributed by atoms with Gasteiger partial charge >= 0.3 is 11.9 Å². The van der Waals surface area contributed by atoms with E-state index in [1.165, 1.54) is 0 Å². The van der Waals surface area contributed by atoms with Crippen LogP contribution in [0.2, 0.25) is 0 Å². The van der Waals surface area contributed by atoms with E-state index in [0.717, 1.165) is 0 Å². The van der Waals surface area contributed by atoms with E-state index in [1.54, 1.807) is 0 Å². The lowest BCUT2D eigenvalue weighted by molar-refractivity contribution is -0.142. The Hall–Kier alpha value is -2.36. The van der Waals surface area contributed by atoms with Gasteiger partial charge in [0, 0.05) is 13.0 Å². The maximum absolute atomic E-state index is 11.5. The summed E-state index contributed by atoms with van der Waals surface area (Å²) in [7, 11) is 0. The van der Waals surface area contributed by atoms with Gasteiger partial charge in [-0.1, -0.05) is 0 Å². The van der Waals surface area contributed by atoms with E-state index < -0.39 is 29.9 Å². The predicted octanol–water partition coefficient (Wildman–Crippen LogP) is -1.99. The summed E-state index contributed by atoms with van der Waals surface area (Å²) in [5.41, 5.74) is 10.3. The van der Waals surface area contributed by atoms with Crippen LogP contribution in [0.25, 0.3) is 0 Å². The van der Waals surface area contributed by atoms with Gasteiger partial charge in [-0.25, -0.2) is 4.79 Å². The standard InChI is InChI=1S/C11H21N5O5/c12-6(9(18)19)3-4-8(17)16-7(10(20)21)2-1-5-15-11(13)14/h6-7H,1-5,12H2,(H,16,17)(H,18,19)(H,20,21)(H4,13,14,15). The quantitative estimate of drug-likeness (QED) is 0.137. The van der Waals surface area contributed by atoms with Crippen LogP contribution in [-0.2, 0) is 14.4 Å². The normalized spacial score (nSPS) is 13.0. The maximum atomic E-state index is 11.5. The Morgan fingerprint density at radius 1 is 1.14 bits per heavy atom. The molecule has 0 fully saturated rings. The molecule has 0 rings (SSSR count). The lowest BCUT2D eigenvalue weighted by atomic mass is 10.1. The van der Waals surface area contributed by atoms with Crippen molar-refractivity contribution >= 4 is 23.8 Å². The summed E-state index contributed by atoms with van der Waals surface area (Å²) in [5, 5.41) is 29.3. The van der Waals surface area contributed by atoms with E-state index in [4.69, 9.17) is 27.1 Å². The van der Waals surface area contributed by atoms with E-state index in [2.05, 4.69) is 10.6 Å². The fourth-order valence-corrected chi connectivity index (χ4v) is 1.46. The molecule has 0 aliphatic heterocycles. The van der Waals surface area contributed by atoms with Crippen molar-refractivity contribution < 1.29 is 24.6 Å². The molecule has 0 spiro atoms. The number of guanidine groups is 1. The largest absolute Gasteiger partial charge is 0.480 e. The third-order valence-corrected chi connectivity index (χ3v) is 2.62. The average Bonchev–Trinajstić information content (AvgIpc) is 2.38. The lowest BCUT2D eigenvalue weighted by Gasteiger charge is -2.15. The van der Waals surface area contributed by atoms with Crippen LogP contribution in [0.15, 0.2) is 0 Å². The summed E-state index contributed by atoms with van der Waals surface area (Å²) in [6, 6.07) is -2.23. The highest BCUT2D eigenvalue weighted by Gasteiger charge is 2.20. The number of nitrogens with two attached hydrogens (primary N) is 2. The zero-order valence-corrected chi connectivity index (χ0v) is 11.5. The fourth-order valence-electron chi connectivity index (χ4n) is 1.46. The second-order valence-corrected chi connectivity index (χ2v) is 4.42. The molecule has 0 bridgehead atoms. The van der Waals surface area contributed by atoms with E-state index in [0.29, 0.717) is 13.0 Å². The number of aliphatic carboxylic acids is 2. The van der Waals surface area contributed by atoms with Crippen molar-refractivity contribution in [2.45, 2.75) is 37.8 Å². The van der Waals surface area contributed by atoms with Crippen molar-refractivity contribution in [3.8, 4) is 0 Å². The van der Waals surface area contributed by atoms with Crippen LogP contribution >= 0.6 is 0 Å². The first-order chi connectivity index (χ1) is 9.73. The Labute approximate surface area is 121 Å². The van der Waals surface area contributed by atoms with Crippen LogP contribution in [0.5, 0.6) is 0 Å². The summed E-state index contributed by atoms with van der Waals surface area (Å²) < 4.78 is 0. The smallest absolute Gasteiger partial charge is 0.326 e. The summed E-state index contributed by atoms with van der Waals surface area (Å²) in [4.78, 5) is 33.0. The number of carboxylic acids is 2. The average molecular weight is 303 g/mol. The van der Waals surface area contributed by atoms with Gasteiger partial charge in [0.2, 0.25) is 5.91 Å². The van der Waals surface area contributed by atoms with Gasteiger partial charge < -0.3 is 32.3 Å². The van der Waals surface area contributed by atoms with Crippen molar-refractivity contribution in [2.24, 2.45) is 11.5 Å². The monoisotopic (exact) mass is 303 g/mol. The Morgan fingerprint density at radius 3 is 2.24 bits per heavy atom. The van der Waals surface area contributed by atoms with Crippen molar-refractivity contribution in [2.75, 3.05) is 6.54 Å². The van der Waals surface area contributed by atoms with Gasteiger partial charge in [-0.15, -0.1) is 0 Å². The van der Waals surface area contributed by atoms with Gasteiger partial charge in [0.15, 0.2) is 5.96 Å². The minimum absolute atomic E-state index is 0.0700. The van der Waals surface area contributed by atoms with Gasteiger partial charge in [-0.2, -0.15) is 0 Å². The van der Waals surface area contributed by atoms with E-state index in [1.807, 2.05) is 0 Å². The molecule has 0 radical (unpaired) electrons. The summed E-state index contributed by atoms with van der Waals surface area (Å²) in [5.74, 6) is -3.19. The molecule has 0 aromatic heterocycles. The molecule has 120 valence electrons. The number of rotatable bonds is 10. The predicted molar refractivity (Wildman–Crippen MR) is 73.6 cm³/mol. The highest BCUT2D eigenvalue weighted by atomic mass is 16.4. The summed E-state index contributed by atoms with van der Waals surface area (Å²) in [6.45, 7) is 0.318. The van der Waals surface area contributed by atoms with Crippen LogP contribution in [-0.4, -0.2) is 52.6 Å². The fraction of sp³-hybridized carbons (Fsp3) is 0.636. The van der Waals surface area contributed by atoms with Crippen molar-refractivity contribution in [1.82, 2.24) is 10.6 Å². The molecule has 0 saturated heterocycles. The van der Waals surface area contributed by atoms with E-state index >= 15 is 0 Å². The van der Waals surface area contributed by atoms with Gasteiger partial charge in [0.05, 0.1) is 0 Å². The summed E-state index contributed by atoms with van der Waals surface area (Å²) >= 11 is 0. The van der Waals surface area contributed by atoms with E-state index in [9.17, 15) is 14.4 Å². The highest BCUT2D eigenvalue weighted by molar-refractivity contribution is 5.84. The number of hydrogen-bond acceptors (Lipinski definition) is 5. The number of nitrogens with one attached hydrogen (secondary N) is 3. The molecule has 0 saturated carbocycles. The minimum Gasteiger partial charge on any atom is -0.480 e. The molecule has 0 heterocycles. The molecule has 2 atom stereocenters. The zero-order valence-electron chi connectivity index (χ0n) is 11.5. The SMILES string of the molecule is N=C(N)NCCCC(NC(=O)CCC(N)C(=O)O)C(=O)O. The Bertz CT molecular complexity index is 400. The second kappa shape index (κ2) is 9.53. The number of amides is 1. The molecule has 0 aliphatic carbocycles. The third kappa shape index (κ3) is 9.21. The van der Waals surface area contributed by atoms with Gasteiger partial charge in [-0.3, -0.25) is 15.0 Å². The Kier molecular flexibility index (Phi) is 8.46. The molecule has 0 aromatic rings. The summed E-state index contributed by atoms with van der Waals surface area (Å²) in [6.07, 6.45) is 0.320. The Morgan fingerprint density at radius 2 is 1.76 bits per heavy atom. The first kappa shape index (κ1) is 18.6. The molecule has 0 aliphatic rings. The molecular weight excluding hydrogens is 282 g/mol. The molecule has 1 amide bonds. The number of carbonyl (C=O) groups excluding carboxylic acids is 1. The van der Waals surface area contributed by atoms with Crippen LogP contribution in [0.4, 0.5) is 0 Å². The van der Waals surface area contributed by atoms with Gasteiger partial charge in [0.25, 0.3) is 0 Å². The number of carbonyl (C=O) groups is 3. The molecule has 9 N–H and O–H groups in total. The third-order valence-electron chi connectivity index (χ3n) is 2.62. The number of hydrogen-bond donors (Lipinski definition) is 7. The van der Waals surface area contributed by atoms with Crippen molar-refractivity contribution in [1.29, 1.82) is 5.41 Å².